The first-order valence-electron chi connectivity index (χ1n) is 11.2. The van der Waals surface area contributed by atoms with Crippen LogP contribution in [-0.4, -0.2) is 43.9 Å². The number of benzene rings is 2. The first-order valence-corrected chi connectivity index (χ1v) is 11.2. The van der Waals surface area contributed by atoms with Crippen LogP contribution in [0, 0.1) is 5.41 Å². The molecule has 0 spiro atoms. The van der Waals surface area contributed by atoms with E-state index in [4.69, 9.17) is 14.2 Å². The van der Waals surface area contributed by atoms with E-state index >= 15 is 0 Å². The summed E-state index contributed by atoms with van der Waals surface area (Å²) in [5, 5.41) is 2.92. The largest absolute Gasteiger partial charge is 0.490 e. The molecule has 1 saturated carbocycles. The Balaban J connectivity index is 1.27. The highest BCUT2D eigenvalue weighted by atomic mass is 16.5. The van der Waals surface area contributed by atoms with E-state index in [1.165, 1.54) is 7.11 Å². The van der Waals surface area contributed by atoms with Gasteiger partial charge in [-0.3, -0.25) is 9.69 Å². The number of esters is 1. The number of amides is 2. The van der Waals surface area contributed by atoms with Crippen LogP contribution in [0.1, 0.15) is 12.8 Å². The van der Waals surface area contributed by atoms with E-state index in [9.17, 15) is 9.59 Å². The molecule has 8 heteroatoms. The van der Waals surface area contributed by atoms with Crippen LogP contribution in [0.5, 0.6) is 11.6 Å². The highest BCUT2D eigenvalue weighted by molar-refractivity contribution is 6.03. The lowest BCUT2D eigenvalue weighted by Crippen LogP contribution is -2.40. The quantitative estimate of drug-likeness (QED) is 0.546. The molecular formula is C26H25N3O5. The molecule has 0 bridgehead atoms. The Morgan fingerprint density at radius 1 is 1.09 bits per heavy atom. The van der Waals surface area contributed by atoms with Gasteiger partial charge in [0.25, 0.3) is 0 Å². The molecule has 0 radical (unpaired) electrons. The molecule has 2 aromatic carbocycles. The molecule has 5 rings (SSSR count). The zero-order chi connectivity index (χ0) is 23.5. The van der Waals surface area contributed by atoms with Gasteiger partial charge in [-0.15, -0.1) is 0 Å². The Hall–Kier alpha value is -4.07. The van der Waals surface area contributed by atoms with Crippen LogP contribution in [0.15, 0.2) is 66.9 Å². The molecule has 174 valence electrons. The fourth-order valence-electron chi connectivity index (χ4n) is 3.95. The Morgan fingerprint density at radius 2 is 1.88 bits per heavy atom. The normalized spacial score (nSPS) is 15.5. The summed E-state index contributed by atoms with van der Waals surface area (Å²) >= 11 is 0. The number of pyridine rings is 1. The zero-order valence-electron chi connectivity index (χ0n) is 18.8. The van der Waals surface area contributed by atoms with Crippen molar-refractivity contribution >= 4 is 23.4 Å². The monoisotopic (exact) mass is 459 g/mol. The summed E-state index contributed by atoms with van der Waals surface area (Å²) in [5.74, 6) is 0.864. The van der Waals surface area contributed by atoms with Crippen molar-refractivity contribution in [2.75, 3.05) is 37.1 Å². The third-order valence-corrected chi connectivity index (χ3v) is 6.13. The first kappa shape index (κ1) is 21.8. The van der Waals surface area contributed by atoms with E-state index in [0.717, 1.165) is 29.7 Å². The fourth-order valence-corrected chi connectivity index (χ4v) is 3.95. The number of hydrogen-bond acceptors (Lipinski definition) is 6. The lowest BCUT2D eigenvalue weighted by atomic mass is 10.1. The molecule has 2 aliphatic rings. The number of ether oxygens (including phenoxy) is 3. The number of carbonyl (C=O) groups is 2. The van der Waals surface area contributed by atoms with Gasteiger partial charge < -0.3 is 19.5 Å². The van der Waals surface area contributed by atoms with Gasteiger partial charge in [0.15, 0.2) is 0 Å². The Morgan fingerprint density at radius 3 is 2.59 bits per heavy atom. The number of aromatic nitrogens is 1. The maximum atomic E-state index is 12.8. The van der Waals surface area contributed by atoms with E-state index < -0.39 is 5.41 Å². The van der Waals surface area contributed by atoms with Crippen molar-refractivity contribution in [2.45, 2.75) is 12.8 Å². The summed E-state index contributed by atoms with van der Waals surface area (Å²) in [4.78, 5) is 30.8. The maximum Gasteiger partial charge on any atom is 0.326 e. The SMILES string of the molecule is COC(=O)C1(COc2ccc(-c3ccc4c(c3)OCCN4C(=O)Nc3ccccc3)cn2)CC1. The molecule has 1 aliphatic heterocycles. The number of carbonyl (C=O) groups excluding carboxylic acids is 2. The number of methoxy groups -OCH3 is 1. The number of fused-ring (bicyclic) bond motifs is 1. The third-order valence-electron chi connectivity index (χ3n) is 6.13. The van der Waals surface area contributed by atoms with E-state index in [1.807, 2.05) is 54.6 Å². The maximum absolute atomic E-state index is 12.8. The van der Waals surface area contributed by atoms with Gasteiger partial charge in [-0.05, 0) is 48.7 Å². The minimum atomic E-state index is -0.524. The summed E-state index contributed by atoms with van der Waals surface area (Å²) in [6, 6.07) is 18.6. The summed E-state index contributed by atoms with van der Waals surface area (Å²) in [6.45, 7) is 1.14. The van der Waals surface area contributed by atoms with Crippen molar-refractivity contribution in [3.63, 3.8) is 0 Å². The van der Waals surface area contributed by atoms with E-state index in [1.54, 1.807) is 17.2 Å². The predicted octanol–water partition coefficient (Wildman–Crippen LogP) is 4.51. The molecule has 1 fully saturated rings. The van der Waals surface area contributed by atoms with Crippen molar-refractivity contribution in [1.29, 1.82) is 0 Å². The summed E-state index contributed by atoms with van der Waals surface area (Å²) in [5.41, 5.74) is 2.73. The molecular weight excluding hydrogens is 434 g/mol. The van der Waals surface area contributed by atoms with Crippen molar-refractivity contribution < 1.29 is 23.8 Å². The van der Waals surface area contributed by atoms with E-state index in [2.05, 4.69) is 10.3 Å². The number of nitrogens with zero attached hydrogens (tertiary/aromatic N) is 2. The highest BCUT2D eigenvalue weighted by Gasteiger charge is 2.52. The number of urea groups is 1. The van der Waals surface area contributed by atoms with Crippen molar-refractivity contribution in [1.82, 2.24) is 4.98 Å². The second-order valence-electron chi connectivity index (χ2n) is 8.42. The van der Waals surface area contributed by atoms with E-state index in [-0.39, 0.29) is 18.6 Å². The van der Waals surface area contributed by atoms with Gasteiger partial charge in [-0.1, -0.05) is 24.3 Å². The van der Waals surface area contributed by atoms with Gasteiger partial charge in [0.2, 0.25) is 5.88 Å². The zero-order valence-corrected chi connectivity index (χ0v) is 18.8. The standard InChI is InChI=1S/C26H25N3O5/c1-32-24(30)26(11-12-26)17-34-23-10-8-19(16-27-23)18-7-9-21-22(15-18)33-14-13-29(21)25(31)28-20-5-3-2-4-6-20/h2-10,15-16H,11-14,17H2,1H3,(H,28,31). The molecule has 2 amide bonds. The van der Waals surface area contributed by atoms with Gasteiger partial charge in [-0.2, -0.15) is 0 Å². The molecule has 34 heavy (non-hydrogen) atoms. The second kappa shape index (κ2) is 9.05. The van der Waals surface area contributed by atoms with Gasteiger partial charge in [-0.25, -0.2) is 9.78 Å². The average molecular weight is 460 g/mol. The highest BCUT2D eigenvalue weighted by Crippen LogP contribution is 2.47. The number of para-hydroxylation sites is 1. The summed E-state index contributed by atoms with van der Waals surface area (Å²) in [7, 11) is 1.40. The number of hydrogen-bond donors (Lipinski definition) is 1. The molecule has 0 saturated heterocycles. The number of rotatable bonds is 6. The van der Waals surface area contributed by atoms with Gasteiger partial charge in [0.1, 0.15) is 24.4 Å². The molecule has 1 N–H and O–H groups in total. The second-order valence-corrected chi connectivity index (χ2v) is 8.42. The number of anilines is 2. The van der Waals surface area contributed by atoms with Crippen LogP contribution in [0.2, 0.25) is 0 Å². The van der Waals surface area contributed by atoms with Crippen LogP contribution in [-0.2, 0) is 9.53 Å². The molecule has 1 aromatic heterocycles. The van der Waals surface area contributed by atoms with E-state index in [0.29, 0.717) is 30.5 Å². The minimum absolute atomic E-state index is 0.202. The Kier molecular flexibility index (Phi) is 5.79. The predicted molar refractivity (Wildman–Crippen MR) is 127 cm³/mol. The molecule has 0 atom stereocenters. The Bertz CT molecular complexity index is 1190. The van der Waals surface area contributed by atoms with Crippen molar-refractivity contribution in [3.8, 4) is 22.8 Å². The minimum Gasteiger partial charge on any atom is -0.490 e. The van der Waals surface area contributed by atoms with Crippen molar-refractivity contribution in [3.05, 3.63) is 66.9 Å². The molecule has 1 aliphatic carbocycles. The van der Waals surface area contributed by atoms with Gasteiger partial charge >= 0.3 is 12.0 Å². The topological polar surface area (TPSA) is 90.0 Å². The lowest BCUT2D eigenvalue weighted by Gasteiger charge is -2.30. The van der Waals surface area contributed by atoms with Crippen LogP contribution in [0.4, 0.5) is 16.2 Å². The smallest absolute Gasteiger partial charge is 0.326 e. The third kappa shape index (κ3) is 4.39. The van der Waals surface area contributed by atoms with Gasteiger partial charge in [0.05, 0.1) is 19.3 Å². The van der Waals surface area contributed by atoms with Gasteiger partial charge in [0, 0.05) is 23.5 Å². The van der Waals surface area contributed by atoms with Crippen LogP contribution >= 0.6 is 0 Å². The number of nitrogens with one attached hydrogen (secondary N) is 1. The Labute approximate surface area is 197 Å². The summed E-state index contributed by atoms with van der Waals surface area (Å²) in [6.07, 6.45) is 3.26. The van der Waals surface area contributed by atoms with Crippen molar-refractivity contribution in [2.24, 2.45) is 5.41 Å². The van der Waals surface area contributed by atoms with Crippen LogP contribution in [0.3, 0.4) is 0 Å². The molecule has 8 nitrogen and oxygen atoms in total. The van der Waals surface area contributed by atoms with Crippen LogP contribution in [0.25, 0.3) is 11.1 Å². The average Bonchev–Trinajstić information content (AvgIpc) is 3.68. The molecule has 0 unspecified atom stereocenters. The molecule has 3 aromatic rings. The molecule has 2 heterocycles. The lowest BCUT2D eigenvalue weighted by molar-refractivity contribution is -0.148. The summed E-state index contributed by atoms with van der Waals surface area (Å²) < 4.78 is 16.4. The first-order chi connectivity index (χ1) is 16.6. The van der Waals surface area contributed by atoms with Crippen LogP contribution < -0.4 is 19.7 Å². The fraction of sp³-hybridized carbons (Fsp3) is 0.269.